The predicted octanol–water partition coefficient (Wildman–Crippen LogP) is 2.75. The zero-order chi connectivity index (χ0) is 15.0. The molecule has 0 aliphatic rings. The monoisotopic (exact) mass is 301 g/mol. The summed E-state index contributed by atoms with van der Waals surface area (Å²) < 4.78 is 4.55. The lowest BCUT2D eigenvalue weighted by Gasteiger charge is -2.05. The number of methoxy groups -OCH3 is 1. The molecule has 0 aliphatic carbocycles. The lowest BCUT2D eigenvalue weighted by Crippen LogP contribution is -2.18. The Balaban J connectivity index is 2.36. The highest BCUT2D eigenvalue weighted by atomic mass is 32.1. The topological polar surface area (TPSA) is 79.4 Å². The second kappa shape index (κ2) is 5.06. The second-order valence-electron chi connectivity index (χ2n) is 4.39. The van der Waals surface area contributed by atoms with Crippen molar-refractivity contribution in [1.82, 2.24) is 4.98 Å². The average Bonchev–Trinajstić information content (AvgIpc) is 2.91. The third-order valence-electron chi connectivity index (χ3n) is 3.19. The molecule has 6 heteroatoms. The number of rotatable bonds is 2. The Morgan fingerprint density at radius 2 is 2.00 bits per heavy atom. The summed E-state index contributed by atoms with van der Waals surface area (Å²) in [6.07, 6.45) is 0. The molecule has 0 fully saturated rings. The van der Waals surface area contributed by atoms with E-state index in [-0.39, 0.29) is 11.3 Å². The minimum absolute atomic E-state index is 0.347. The standard InChI is InChI=1S/C15H11NO4S/c1-20-15(19)11-12(17)10-9(8-5-3-2-4-6-8)7-21-14(10)16-13(11)18/h2-7H,1H3,(H2,16,17,18). The number of pyridine rings is 1. The fourth-order valence-electron chi connectivity index (χ4n) is 2.20. The van der Waals surface area contributed by atoms with Gasteiger partial charge in [-0.25, -0.2) is 4.79 Å². The maximum Gasteiger partial charge on any atom is 0.347 e. The number of ether oxygens (including phenoxy) is 1. The first-order chi connectivity index (χ1) is 10.1. The van der Waals surface area contributed by atoms with Crippen LogP contribution >= 0.6 is 11.3 Å². The molecule has 0 spiro atoms. The zero-order valence-electron chi connectivity index (χ0n) is 11.0. The highest BCUT2D eigenvalue weighted by molar-refractivity contribution is 7.17. The number of thiophene rings is 1. The average molecular weight is 301 g/mol. The fraction of sp³-hybridized carbons (Fsp3) is 0.0667. The van der Waals surface area contributed by atoms with Crippen molar-refractivity contribution in [3.05, 3.63) is 51.6 Å². The molecule has 2 N–H and O–H groups in total. The molecule has 3 aromatic rings. The number of nitrogens with one attached hydrogen (secondary N) is 1. The molecule has 0 radical (unpaired) electrons. The molecular formula is C15H11NO4S. The second-order valence-corrected chi connectivity index (χ2v) is 5.27. The van der Waals surface area contributed by atoms with Crippen LogP contribution in [0, 0.1) is 0 Å². The Morgan fingerprint density at radius 1 is 1.29 bits per heavy atom. The lowest BCUT2D eigenvalue weighted by atomic mass is 10.0. The number of H-pyrrole nitrogens is 1. The zero-order valence-corrected chi connectivity index (χ0v) is 11.9. The Labute approximate surface area is 123 Å². The number of benzene rings is 1. The van der Waals surface area contributed by atoms with Crippen molar-refractivity contribution in [3.8, 4) is 16.9 Å². The van der Waals surface area contributed by atoms with E-state index in [1.165, 1.54) is 11.3 Å². The van der Waals surface area contributed by atoms with E-state index in [4.69, 9.17) is 0 Å². The van der Waals surface area contributed by atoms with Gasteiger partial charge in [-0.1, -0.05) is 30.3 Å². The number of aromatic hydroxyl groups is 1. The summed E-state index contributed by atoms with van der Waals surface area (Å²) in [5, 5.41) is 12.6. The quantitative estimate of drug-likeness (QED) is 0.713. The molecule has 0 amide bonds. The van der Waals surface area contributed by atoms with E-state index in [1.54, 1.807) is 0 Å². The minimum atomic E-state index is -0.860. The number of carbonyl (C=O) groups excluding carboxylic acids is 1. The molecule has 0 aliphatic heterocycles. The van der Waals surface area contributed by atoms with Crippen LogP contribution in [0.1, 0.15) is 10.4 Å². The number of hydrogen-bond donors (Lipinski definition) is 2. The highest BCUT2D eigenvalue weighted by Crippen LogP contribution is 2.38. The summed E-state index contributed by atoms with van der Waals surface area (Å²) in [6, 6.07) is 9.43. The van der Waals surface area contributed by atoms with E-state index in [1.807, 2.05) is 35.7 Å². The van der Waals surface area contributed by atoms with Crippen LogP contribution in [-0.2, 0) is 4.74 Å². The molecule has 0 unspecified atom stereocenters. The number of hydrogen-bond acceptors (Lipinski definition) is 5. The first-order valence-corrected chi connectivity index (χ1v) is 7.01. The van der Waals surface area contributed by atoms with Gasteiger partial charge in [0.25, 0.3) is 5.56 Å². The van der Waals surface area contributed by atoms with Crippen LogP contribution in [0.5, 0.6) is 5.75 Å². The van der Waals surface area contributed by atoms with Crippen LogP contribution in [0.15, 0.2) is 40.5 Å². The van der Waals surface area contributed by atoms with Crippen LogP contribution in [0.25, 0.3) is 21.3 Å². The number of carbonyl (C=O) groups is 1. The van der Waals surface area contributed by atoms with Crippen LogP contribution in [-0.4, -0.2) is 23.2 Å². The van der Waals surface area contributed by atoms with Crippen LogP contribution in [0.3, 0.4) is 0 Å². The van der Waals surface area contributed by atoms with Gasteiger partial charge in [0, 0.05) is 10.9 Å². The number of fused-ring (bicyclic) bond motifs is 1. The summed E-state index contributed by atoms with van der Waals surface area (Å²) in [4.78, 5) is 26.7. The van der Waals surface area contributed by atoms with Gasteiger partial charge in [0.2, 0.25) is 0 Å². The van der Waals surface area contributed by atoms with Crippen LogP contribution < -0.4 is 5.56 Å². The Kier molecular flexibility index (Phi) is 3.23. The summed E-state index contributed by atoms with van der Waals surface area (Å²) in [5.41, 5.74) is 0.616. The maximum atomic E-state index is 11.9. The van der Waals surface area contributed by atoms with E-state index in [9.17, 15) is 14.7 Å². The summed E-state index contributed by atoms with van der Waals surface area (Å²) in [6.45, 7) is 0. The van der Waals surface area contributed by atoms with Crippen molar-refractivity contribution in [2.45, 2.75) is 0 Å². The summed E-state index contributed by atoms with van der Waals surface area (Å²) in [7, 11) is 1.16. The fourth-order valence-corrected chi connectivity index (χ4v) is 3.17. The molecule has 1 aromatic carbocycles. The molecule has 0 saturated carbocycles. The molecule has 0 saturated heterocycles. The minimum Gasteiger partial charge on any atom is -0.506 e. The molecule has 2 aromatic heterocycles. The van der Waals surface area contributed by atoms with E-state index >= 15 is 0 Å². The van der Waals surface area contributed by atoms with Gasteiger partial charge in [0.1, 0.15) is 10.6 Å². The van der Waals surface area contributed by atoms with Crippen LogP contribution in [0.4, 0.5) is 0 Å². The summed E-state index contributed by atoms with van der Waals surface area (Å²) >= 11 is 1.30. The predicted molar refractivity (Wildman–Crippen MR) is 80.9 cm³/mol. The van der Waals surface area contributed by atoms with Crippen molar-refractivity contribution >= 4 is 27.5 Å². The smallest absolute Gasteiger partial charge is 0.347 e. The van der Waals surface area contributed by atoms with Crippen LogP contribution in [0.2, 0.25) is 0 Å². The molecule has 106 valence electrons. The van der Waals surface area contributed by atoms with Gasteiger partial charge in [-0.05, 0) is 5.56 Å². The SMILES string of the molecule is COC(=O)c1c(O)c2c(-c3ccccc3)csc2[nH]c1=O. The third-order valence-corrected chi connectivity index (χ3v) is 4.09. The van der Waals surface area contributed by atoms with Crippen molar-refractivity contribution < 1.29 is 14.6 Å². The van der Waals surface area contributed by atoms with Gasteiger partial charge < -0.3 is 14.8 Å². The third kappa shape index (κ3) is 2.09. The first-order valence-electron chi connectivity index (χ1n) is 6.13. The van der Waals surface area contributed by atoms with Crippen molar-refractivity contribution in [2.24, 2.45) is 0 Å². The van der Waals surface area contributed by atoms with E-state index in [2.05, 4.69) is 9.72 Å². The number of aromatic nitrogens is 1. The Morgan fingerprint density at radius 3 is 2.67 bits per heavy atom. The van der Waals surface area contributed by atoms with Gasteiger partial charge in [-0.15, -0.1) is 11.3 Å². The van der Waals surface area contributed by atoms with Gasteiger partial charge in [0.05, 0.1) is 12.5 Å². The maximum absolute atomic E-state index is 11.9. The molecule has 5 nitrogen and oxygen atoms in total. The van der Waals surface area contributed by atoms with Gasteiger partial charge in [0.15, 0.2) is 5.56 Å². The lowest BCUT2D eigenvalue weighted by molar-refractivity contribution is 0.0595. The van der Waals surface area contributed by atoms with Gasteiger partial charge in [-0.3, -0.25) is 4.79 Å². The molecule has 3 rings (SSSR count). The molecule has 2 heterocycles. The van der Waals surface area contributed by atoms with Crippen molar-refractivity contribution in [2.75, 3.05) is 7.11 Å². The van der Waals surface area contributed by atoms with E-state index in [0.717, 1.165) is 18.2 Å². The molecule has 21 heavy (non-hydrogen) atoms. The van der Waals surface area contributed by atoms with E-state index < -0.39 is 11.5 Å². The van der Waals surface area contributed by atoms with Gasteiger partial charge >= 0.3 is 5.97 Å². The summed E-state index contributed by atoms with van der Waals surface area (Å²) in [5.74, 6) is -1.21. The normalized spacial score (nSPS) is 10.7. The highest BCUT2D eigenvalue weighted by Gasteiger charge is 2.22. The Bertz CT molecular complexity index is 880. The van der Waals surface area contributed by atoms with Gasteiger partial charge in [-0.2, -0.15) is 0 Å². The molecule has 0 atom stereocenters. The van der Waals surface area contributed by atoms with Crippen molar-refractivity contribution in [1.29, 1.82) is 0 Å². The number of esters is 1. The number of aromatic amines is 1. The van der Waals surface area contributed by atoms with Crippen molar-refractivity contribution in [3.63, 3.8) is 0 Å². The Hall–Kier alpha value is -2.60. The molecule has 0 bridgehead atoms. The first kappa shape index (κ1) is 13.4. The van der Waals surface area contributed by atoms with E-state index in [0.29, 0.717) is 10.2 Å². The largest absolute Gasteiger partial charge is 0.506 e. The molecular weight excluding hydrogens is 290 g/mol.